The number of hydrogen-bond donors (Lipinski definition) is 1. The van der Waals surface area contributed by atoms with Crippen LogP contribution in [0.1, 0.15) is 38.3 Å². The molecule has 19 heavy (non-hydrogen) atoms. The first-order valence-corrected chi connectivity index (χ1v) is 7.76. The Kier molecular flexibility index (Phi) is 3.90. The molecule has 1 heterocycles. The van der Waals surface area contributed by atoms with Crippen LogP contribution in [0.15, 0.2) is 30.3 Å². The highest BCUT2D eigenvalue weighted by molar-refractivity contribution is 5.20. The summed E-state index contributed by atoms with van der Waals surface area (Å²) in [5.41, 5.74) is 1.47. The van der Waals surface area contributed by atoms with Crippen LogP contribution in [0.2, 0.25) is 0 Å². The van der Waals surface area contributed by atoms with Crippen molar-refractivity contribution in [1.82, 2.24) is 10.2 Å². The van der Waals surface area contributed by atoms with Gasteiger partial charge in [-0.25, -0.2) is 0 Å². The highest BCUT2D eigenvalue weighted by Gasteiger charge is 2.32. The van der Waals surface area contributed by atoms with Gasteiger partial charge in [-0.3, -0.25) is 4.90 Å². The molecule has 2 heteroatoms. The molecule has 0 spiro atoms. The Labute approximate surface area is 117 Å². The zero-order valence-electron chi connectivity index (χ0n) is 12.2. The van der Waals surface area contributed by atoms with E-state index in [1.165, 1.54) is 31.5 Å². The fraction of sp³-hybridized carbons (Fsp3) is 0.647. The second-order valence-corrected chi connectivity index (χ2v) is 6.52. The summed E-state index contributed by atoms with van der Waals surface area (Å²) in [6.07, 6.45) is 2.74. The molecule has 1 N–H and O–H groups in total. The smallest absolute Gasteiger partial charge is 0.0472 e. The van der Waals surface area contributed by atoms with Crippen LogP contribution >= 0.6 is 0 Å². The maximum Gasteiger partial charge on any atom is 0.0472 e. The lowest BCUT2D eigenvalue weighted by molar-refractivity contribution is 0.228. The maximum atomic E-state index is 3.72. The van der Waals surface area contributed by atoms with Gasteiger partial charge in [0.05, 0.1) is 0 Å². The lowest BCUT2D eigenvalue weighted by Gasteiger charge is -2.29. The zero-order valence-corrected chi connectivity index (χ0v) is 12.2. The molecule has 1 saturated heterocycles. The molecule has 1 aromatic rings. The molecule has 3 atom stereocenters. The van der Waals surface area contributed by atoms with Crippen molar-refractivity contribution in [2.45, 2.75) is 38.8 Å². The van der Waals surface area contributed by atoms with Gasteiger partial charge in [0.2, 0.25) is 0 Å². The standard InChI is InChI=1S/C17H26N2/c1-13-11-19(12-14(13)2)17(10-18-16-8-9-16)15-6-4-3-5-7-15/h3-7,13-14,16-18H,8-12H2,1-2H3. The predicted octanol–water partition coefficient (Wildman–Crippen LogP) is 3.07. The van der Waals surface area contributed by atoms with Crippen LogP contribution in [0.5, 0.6) is 0 Å². The Morgan fingerprint density at radius 3 is 2.32 bits per heavy atom. The Bertz CT molecular complexity index is 389. The average Bonchev–Trinajstić information content (AvgIpc) is 3.18. The second kappa shape index (κ2) is 5.64. The highest BCUT2D eigenvalue weighted by atomic mass is 15.2. The van der Waals surface area contributed by atoms with E-state index in [-0.39, 0.29) is 0 Å². The SMILES string of the molecule is CC1CN(C(CNC2CC2)c2ccccc2)CC1C. The normalized spacial score (nSPS) is 29.6. The van der Waals surface area contributed by atoms with E-state index in [9.17, 15) is 0 Å². The first kappa shape index (κ1) is 13.1. The first-order chi connectivity index (χ1) is 9.24. The molecule has 1 saturated carbocycles. The number of benzene rings is 1. The van der Waals surface area contributed by atoms with Gasteiger partial charge in [0.15, 0.2) is 0 Å². The van der Waals surface area contributed by atoms with Gasteiger partial charge in [0, 0.05) is 31.7 Å². The van der Waals surface area contributed by atoms with Gasteiger partial charge in [-0.1, -0.05) is 44.2 Å². The van der Waals surface area contributed by atoms with E-state index in [2.05, 4.69) is 54.4 Å². The van der Waals surface area contributed by atoms with Crippen LogP contribution in [0.3, 0.4) is 0 Å². The number of nitrogens with zero attached hydrogens (tertiary/aromatic N) is 1. The molecule has 3 rings (SSSR count). The Morgan fingerprint density at radius 2 is 1.74 bits per heavy atom. The third-order valence-electron chi connectivity index (χ3n) is 4.82. The maximum absolute atomic E-state index is 3.72. The van der Waals surface area contributed by atoms with E-state index in [0.29, 0.717) is 6.04 Å². The van der Waals surface area contributed by atoms with Crippen LogP contribution in [-0.4, -0.2) is 30.6 Å². The van der Waals surface area contributed by atoms with Crippen LogP contribution in [0.4, 0.5) is 0 Å². The molecule has 0 aromatic heterocycles. The molecule has 104 valence electrons. The third-order valence-corrected chi connectivity index (χ3v) is 4.82. The Hall–Kier alpha value is -0.860. The molecule has 1 aromatic carbocycles. The minimum absolute atomic E-state index is 0.550. The summed E-state index contributed by atoms with van der Waals surface area (Å²) < 4.78 is 0. The van der Waals surface area contributed by atoms with E-state index in [1.54, 1.807) is 0 Å². The van der Waals surface area contributed by atoms with Crippen molar-refractivity contribution in [3.05, 3.63) is 35.9 Å². The summed E-state index contributed by atoms with van der Waals surface area (Å²) in [4.78, 5) is 2.68. The number of likely N-dealkylation sites (tertiary alicyclic amines) is 1. The number of hydrogen-bond acceptors (Lipinski definition) is 2. The van der Waals surface area contributed by atoms with Gasteiger partial charge in [0.1, 0.15) is 0 Å². The van der Waals surface area contributed by atoms with E-state index in [4.69, 9.17) is 0 Å². The van der Waals surface area contributed by atoms with E-state index in [0.717, 1.165) is 24.4 Å². The van der Waals surface area contributed by atoms with Crippen molar-refractivity contribution >= 4 is 0 Å². The largest absolute Gasteiger partial charge is 0.312 e. The van der Waals surface area contributed by atoms with Crippen LogP contribution in [0.25, 0.3) is 0 Å². The van der Waals surface area contributed by atoms with Gasteiger partial charge in [0.25, 0.3) is 0 Å². The molecule has 0 radical (unpaired) electrons. The quantitative estimate of drug-likeness (QED) is 0.873. The lowest BCUT2D eigenvalue weighted by Crippen LogP contribution is -2.35. The van der Waals surface area contributed by atoms with Crippen LogP contribution < -0.4 is 5.32 Å². The van der Waals surface area contributed by atoms with Crippen molar-refractivity contribution in [3.8, 4) is 0 Å². The fourth-order valence-electron chi connectivity index (χ4n) is 3.13. The number of nitrogens with one attached hydrogen (secondary N) is 1. The van der Waals surface area contributed by atoms with E-state index < -0.39 is 0 Å². The molecular weight excluding hydrogens is 232 g/mol. The molecular formula is C17H26N2. The van der Waals surface area contributed by atoms with Gasteiger partial charge in [-0.05, 0) is 30.2 Å². The predicted molar refractivity (Wildman–Crippen MR) is 80.1 cm³/mol. The molecule has 3 unspecified atom stereocenters. The van der Waals surface area contributed by atoms with Crippen molar-refractivity contribution in [2.75, 3.05) is 19.6 Å². The topological polar surface area (TPSA) is 15.3 Å². The van der Waals surface area contributed by atoms with Gasteiger partial charge < -0.3 is 5.32 Å². The van der Waals surface area contributed by atoms with Crippen LogP contribution in [0, 0.1) is 11.8 Å². The monoisotopic (exact) mass is 258 g/mol. The van der Waals surface area contributed by atoms with Crippen molar-refractivity contribution in [2.24, 2.45) is 11.8 Å². The number of rotatable bonds is 5. The zero-order chi connectivity index (χ0) is 13.2. The summed E-state index contributed by atoms with van der Waals surface area (Å²) in [7, 11) is 0. The van der Waals surface area contributed by atoms with Crippen molar-refractivity contribution < 1.29 is 0 Å². The Balaban J connectivity index is 1.71. The van der Waals surface area contributed by atoms with Crippen molar-refractivity contribution in [3.63, 3.8) is 0 Å². The van der Waals surface area contributed by atoms with Gasteiger partial charge in [-0.2, -0.15) is 0 Å². The molecule has 2 fully saturated rings. The molecule has 0 bridgehead atoms. The van der Waals surface area contributed by atoms with Gasteiger partial charge >= 0.3 is 0 Å². The van der Waals surface area contributed by atoms with E-state index in [1.807, 2.05) is 0 Å². The fourth-order valence-corrected chi connectivity index (χ4v) is 3.13. The molecule has 2 nitrogen and oxygen atoms in total. The molecule has 2 aliphatic rings. The summed E-state index contributed by atoms with van der Waals surface area (Å²) >= 11 is 0. The third kappa shape index (κ3) is 3.18. The Morgan fingerprint density at radius 1 is 1.11 bits per heavy atom. The lowest BCUT2D eigenvalue weighted by atomic mass is 10.0. The highest BCUT2D eigenvalue weighted by Crippen LogP contribution is 2.31. The van der Waals surface area contributed by atoms with Gasteiger partial charge in [-0.15, -0.1) is 0 Å². The van der Waals surface area contributed by atoms with E-state index >= 15 is 0 Å². The minimum Gasteiger partial charge on any atom is -0.312 e. The molecule has 1 aliphatic carbocycles. The summed E-state index contributed by atoms with van der Waals surface area (Å²) in [5, 5.41) is 3.72. The summed E-state index contributed by atoms with van der Waals surface area (Å²) in [6, 6.07) is 12.4. The minimum atomic E-state index is 0.550. The summed E-state index contributed by atoms with van der Waals surface area (Å²) in [6.45, 7) is 8.37. The molecule has 1 aliphatic heterocycles. The second-order valence-electron chi connectivity index (χ2n) is 6.52. The average molecular weight is 258 g/mol. The first-order valence-electron chi connectivity index (χ1n) is 7.76. The summed E-state index contributed by atoms with van der Waals surface area (Å²) in [5.74, 6) is 1.65. The van der Waals surface area contributed by atoms with Crippen LogP contribution in [-0.2, 0) is 0 Å². The van der Waals surface area contributed by atoms with Crippen molar-refractivity contribution in [1.29, 1.82) is 0 Å². The molecule has 0 amide bonds.